The molecule has 1 aliphatic heterocycles. The van der Waals surface area contributed by atoms with E-state index in [1.165, 1.54) is 0 Å². The van der Waals surface area contributed by atoms with E-state index in [4.69, 9.17) is 5.11 Å². The smallest absolute Gasteiger partial charge is 0.308 e. The number of carbonyl (C=O) groups is 1. The van der Waals surface area contributed by atoms with Gasteiger partial charge in [-0.2, -0.15) is 5.10 Å². The van der Waals surface area contributed by atoms with Crippen LogP contribution in [-0.2, 0) is 11.8 Å². The Hall–Kier alpha value is -1.43. The first-order valence-corrected chi connectivity index (χ1v) is 4.97. The number of carboxylic acids is 1. The molecule has 1 aromatic rings. The second kappa shape index (κ2) is 3.98. The molecule has 0 amide bonds. The largest absolute Gasteiger partial charge is 0.481 e. The molecule has 6 heteroatoms. The van der Waals surface area contributed by atoms with Crippen LogP contribution >= 0.6 is 0 Å². The maximum absolute atomic E-state index is 11.0. The van der Waals surface area contributed by atoms with Gasteiger partial charge < -0.3 is 10.4 Å². The summed E-state index contributed by atoms with van der Waals surface area (Å²) in [6.07, 6.45) is 2.39. The van der Waals surface area contributed by atoms with Crippen LogP contribution in [0.25, 0.3) is 0 Å². The minimum absolute atomic E-state index is 0.0649. The molecule has 82 valence electrons. The van der Waals surface area contributed by atoms with Crippen LogP contribution in [0.4, 0.5) is 0 Å². The molecule has 1 fully saturated rings. The quantitative estimate of drug-likeness (QED) is 0.693. The summed E-state index contributed by atoms with van der Waals surface area (Å²) in [6.45, 7) is 1.32. The van der Waals surface area contributed by atoms with E-state index >= 15 is 0 Å². The number of aromatic nitrogens is 3. The molecule has 0 aromatic carbocycles. The molecule has 0 aliphatic carbocycles. The van der Waals surface area contributed by atoms with Crippen molar-refractivity contribution >= 4 is 5.97 Å². The minimum Gasteiger partial charge on any atom is -0.481 e. The lowest BCUT2D eigenvalue weighted by atomic mass is 9.86. The van der Waals surface area contributed by atoms with Crippen LogP contribution in [0.1, 0.15) is 18.2 Å². The number of carboxylic acid groups (broad SMARTS) is 1. The maximum Gasteiger partial charge on any atom is 0.308 e. The van der Waals surface area contributed by atoms with Crippen molar-refractivity contribution in [2.75, 3.05) is 13.1 Å². The number of hydrogen-bond donors (Lipinski definition) is 2. The van der Waals surface area contributed by atoms with E-state index in [2.05, 4.69) is 15.4 Å². The fourth-order valence-corrected chi connectivity index (χ4v) is 1.95. The summed E-state index contributed by atoms with van der Waals surface area (Å²) in [6, 6.07) is 0. The molecule has 0 bridgehead atoms. The van der Waals surface area contributed by atoms with Crippen LogP contribution in [-0.4, -0.2) is 38.9 Å². The topological polar surface area (TPSA) is 80.0 Å². The number of rotatable bonds is 2. The van der Waals surface area contributed by atoms with Crippen molar-refractivity contribution in [2.45, 2.75) is 12.3 Å². The molecule has 6 nitrogen and oxygen atoms in total. The average Bonchev–Trinajstić information content (AvgIpc) is 2.65. The summed E-state index contributed by atoms with van der Waals surface area (Å²) in [5.74, 6) is -0.614. The standard InChI is InChI=1S/C9H14N4O2/c1-13-5-11-8(12-13)6-2-3-10-4-7(6)9(14)15/h5-7,10H,2-4H2,1H3,(H,14,15). The Morgan fingerprint density at radius 1 is 1.73 bits per heavy atom. The zero-order chi connectivity index (χ0) is 10.8. The maximum atomic E-state index is 11.0. The lowest BCUT2D eigenvalue weighted by molar-refractivity contribution is -0.143. The van der Waals surface area contributed by atoms with Gasteiger partial charge in [0.15, 0.2) is 5.82 Å². The Morgan fingerprint density at radius 2 is 2.53 bits per heavy atom. The van der Waals surface area contributed by atoms with Gasteiger partial charge >= 0.3 is 5.97 Å². The van der Waals surface area contributed by atoms with Gasteiger partial charge in [-0.1, -0.05) is 0 Å². The van der Waals surface area contributed by atoms with E-state index in [1.54, 1.807) is 18.1 Å². The van der Waals surface area contributed by atoms with Crippen molar-refractivity contribution in [2.24, 2.45) is 13.0 Å². The van der Waals surface area contributed by atoms with Crippen molar-refractivity contribution in [1.29, 1.82) is 0 Å². The summed E-state index contributed by atoms with van der Waals surface area (Å²) in [5.41, 5.74) is 0. The van der Waals surface area contributed by atoms with Gasteiger partial charge in [0.05, 0.1) is 5.92 Å². The Labute approximate surface area is 87.3 Å². The Morgan fingerprint density at radius 3 is 3.13 bits per heavy atom. The molecule has 2 heterocycles. The van der Waals surface area contributed by atoms with Gasteiger partial charge in [0.25, 0.3) is 0 Å². The first kappa shape index (κ1) is 10.1. The second-order valence-electron chi connectivity index (χ2n) is 3.82. The zero-order valence-corrected chi connectivity index (χ0v) is 8.55. The van der Waals surface area contributed by atoms with Gasteiger partial charge in [-0.05, 0) is 13.0 Å². The number of nitrogens with one attached hydrogen (secondary N) is 1. The van der Waals surface area contributed by atoms with E-state index < -0.39 is 11.9 Å². The molecule has 0 radical (unpaired) electrons. The third-order valence-corrected chi connectivity index (χ3v) is 2.75. The number of aryl methyl sites for hydroxylation is 1. The van der Waals surface area contributed by atoms with Crippen LogP contribution < -0.4 is 5.32 Å². The average molecular weight is 210 g/mol. The summed E-state index contributed by atoms with van der Waals surface area (Å²) in [7, 11) is 1.79. The molecular weight excluding hydrogens is 196 g/mol. The normalized spacial score (nSPS) is 26.5. The van der Waals surface area contributed by atoms with Gasteiger partial charge in [0, 0.05) is 19.5 Å². The van der Waals surface area contributed by atoms with E-state index in [0.717, 1.165) is 13.0 Å². The van der Waals surface area contributed by atoms with Crippen LogP contribution in [0, 0.1) is 5.92 Å². The van der Waals surface area contributed by atoms with Crippen molar-refractivity contribution in [3.05, 3.63) is 12.2 Å². The minimum atomic E-state index is -0.778. The highest BCUT2D eigenvalue weighted by molar-refractivity contribution is 5.71. The van der Waals surface area contributed by atoms with E-state index in [0.29, 0.717) is 12.4 Å². The number of piperidine rings is 1. The molecule has 1 saturated heterocycles. The molecule has 15 heavy (non-hydrogen) atoms. The summed E-state index contributed by atoms with van der Waals surface area (Å²) in [5, 5.41) is 16.3. The van der Waals surface area contributed by atoms with Gasteiger partial charge in [-0.15, -0.1) is 0 Å². The number of nitrogens with zero attached hydrogens (tertiary/aromatic N) is 3. The Balaban J connectivity index is 2.21. The van der Waals surface area contributed by atoms with Gasteiger partial charge in [-0.25, -0.2) is 4.98 Å². The van der Waals surface area contributed by atoms with Crippen molar-refractivity contribution < 1.29 is 9.90 Å². The second-order valence-corrected chi connectivity index (χ2v) is 3.82. The monoisotopic (exact) mass is 210 g/mol. The first-order valence-electron chi connectivity index (χ1n) is 4.97. The SMILES string of the molecule is Cn1cnc(C2CCNCC2C(=O)O)n1. The summed E-state index contributed by atoms with van der Waals surface area (Å²) < 4.78 is 1.61. The number of hydrogen-bond acceptors (Lipinski definition) is 4. The van der Waals surface area contributed by atoms with E-state index in [1.807, 2.05) is 0 Å². The molecule has 2 unspecified atom stereocenters. The van der Waals surface area contributed by atoms with Crippen molar-refractivity contribution in [1.82, 2.24) is 20.1 Å². The lowest BCUT2D eigenvalue weighted by Gasteiger charge is -2.26. The fraction of sp³-hybridized carbons (Fsp3) is 0.667. The summed E-state index contributed by atoms with van der Waals surface area (Å²) in [4.78, 5) is 15.2. The van der Waals surface area contributed by atoms with Crippen LogP contribution in [0.2, 0.25) is 0 Å². The Kier molecular flexibility index (Phi) is 2.68. The first-order chi connectivity index (χ1) is 7.18. The molecule has 2 N–H and O–H groups in total. The van der Waals surface area contributed by atoms with E-state index in [-0.39, 0.29) is 5.92 Å². The van der Waals surface area contributed by atoms with Crippen molar-refractivity contribution in [3.63, 3.8) is 0 Å². The molecule has 2 atom stereocenters. The Bertz CT molecular complexity index is 363. The molecule has 2 rings (SSSR count). The fourth-order valence-electron chi connectivity index (χ4n) is 1.95. The number of aliphatic carboxylic acids is 1. The van der Waals surface area contributed by atoms with E-state index in [9.17, 15) is 4.79 Å². The van der Waals surface area contributed by atoms with Gasteiger partial charge in [-0.3, -0.25) is 9.48 Å². The van der Waals surface area contributed by atoms with Crippen LogP contribution in [0.15, 0.2) is 6.33 Å². The lowest BCUT2D eigenvalue weighted by Crippen LogP contribution is -2.40. The molecule has 0 spiro atoms. The predicted octanol–water partition coefficient (Wildman–Crippen LogP) is -0.407. The summed E-state index contributed by atoms with van der Waals surface area (Å²) >= 11 is 0. The molecule has 1 aliphatic rings. The highest BCUT2D eigenvalue weighted by atomic mass is 16.4. The van der Waals surface area contributed by atoms with Gasteiger partial charge in [0.2, 0.25) is 0 Å². The highest BCUT2D eigenvalue weighted by Crippen LogP contribution is 2.27. The molecule has 0 saturated carbocycles. The van der Waals surface area contributed by atoms with Crippen molar-refractivity contribution in [3.8, 4) is 0 Å². The zero-order valence-electron chi connectivity index (χ0n) is 8.55. The van der Waals surface area contributed by atoms with Crippen LogP contribution in [0.3, 0.4) is 0 Å². The van der Waals surface area contributed by atoms with Gasteiger partial charge in [0.1, 0.15) is 6.33 Å². The third-order valence-electron chi connectivity index (χ3n) is 2.75. The predicted molar refractivity (Wildman–Crippen MR) is 52.4 cm³/mol. The highest BCUT2D eigenvalue weighted by Gasteiger charge is 2.34. The van der Waals surface area contributed by atoms with Crippen LogP contribution in [0.5, 0.6) is 0 Å². The molecule has 1 aromatic heterocycles. The third kappa shape index (κ3) is 1.99. The molecular formula is C9H14N4O2.